The minimum Gasteiger partial charge on any atom is -0.468 e. The molecule has 1 saturated heterocycles. The number of hydrogen-bond donors (Lipinski definition) is 0. The summed E-state index contributed by atoms with van der Waals surface area (Å²) in [5, 5.41) is 0. The number of hydrogen-bond acceptors (Lipinski definition) is 4. The molecule has 0 atom stereocenters. The summed E-state index contributed by atoms with van der Waals surface area (Å²) in [5.74, 6) is 0.365. The van der Waals surface area contributed by atoms with Crippen molar-refractivity contribution < 1.29 is 17.2 Å². The Morgan fingerprint density at radius 3 is 2.52 bits per heavy atom. The van der Waals surface area contributed by atoms with Gasteiger partial charge in [0.05, 0.1) is 17.7 Å². The number of benzene rings is 1. The molecule has 1 aromatic heterocycles. The second-order valence-electron chi connectivity index (χ2n) is 5.67. The number of furan rings is 1. The van der Waals surface area contributed by atoms with Crippen molar-refractivity contribution in [1.82, 2.24) is 9.21 Å². The van der Waals surface area contributed by atoms with Crippen molar-refractivity contribution in [3.63, 3.8) is 0 Å². The predicted octanol–water partition coefficient (Wildman–Crippen LogP) is 2.23. The van der Waals surface area contributed by atoms with Crippen molar-refractivity contribution in [2.45, 2.75) is 18.4 Å². The average Bonchev–Trinajstić information content (AvgIpc) is 3.03. The van der Waals surface area contributed by atoms with Crippen LogP contribution in [-0.2, 0) is 16.6 Å². The van der Waals surface area contributed by atoms with Gasteiger partial charge in [-0.1, -0.05) is 6.07 Å². The quantitative estimate of drug-likeness (QED) is 0.858. The highest BCUT2D eigenvalue weighted by atomic mass is 32.2. The van der Waals surface area contributed by atoms with Crippen molar-refractivity contribution in [2.24, 2.45) is 0 Å². The van der Waals surface area contributed by atoms with E-state index in [1.807, 2.05) is 12.1 Å². The van der Waals surface area contributed by atoms with Crippen LogP contribution in [0.2, 0.25) is 0 Å². The number of aryl methyl sites for hydroxylation is 1. The summed E-state index contributed by atoms with van der Waals surface area (Å²) in [4.78, 5) is 2.15. The van der Waals surface area contributed by atoms with Crippen LogP contribution in [0.1, 0.15) is 11.3 Å². The first-order valence-corrected chi connectivity index (χ1v) is 8.92. The molecule has 1 aliphatic rings. The molecule has 0 saturated carbocycles. The molecule has 7 heteroatoms. The summed E-state index contributed by atoms with van der Waals surface area (Å²) in [6, 6.07) is 7.79. The molecule has 0 unspecified atom stereocenters. The topological polar surface area (TPSA) is 53.8 Å². The molecule has 1 fully saturated rings. The first-order chi connectivity index (χ1) is 11.0. The number of rotatable bonds is 4. The van der Waals surface area contributed by atoms with Crippen LogP contribution in [0.15, 0.2) is 45.9 Å². The third-order valence-corrected chi connectivity index (χ3v) is 5.97. The lowest BCUT2D eigenvalue weighted by atomic mass is 10.2. The highest BCUT2D eigenvalue weighted by Crippen LogP contribution is 2.20. The lowest BCUT2D eigenvalue weighted by Gasteiger charge is -2.33. The van der Waals surface area contributed by atoms with Gasteiger partial charge in [0, 0.05) is 26.2 Å². The smallest absolute Gasteiger partial charge is 0.243 e. The van der Waals surface area contributed by atoms with E-state index < -0.39 is 15.8 Å². The molecule has 0 spiro atoms. The fraction of sp³-hybridized carbons (Fsp3) is 0.375. The van der Waals surface area contributed by atoms with Gasteiger partial charge in [0.2, 0.25) is 10.0 Å². The van der Waals surface area contributed by atoms with Gasteiger partial charge in [-0.15, -0.1) is 0 Å². The zero-order valence-electron chi connectivity index (χ0n) is 12.9. The van der Waals surface area contributed by atoms with Gasteiger partial charge < -0.3 is 4.42 Å². The van der Waals surface area contributed by atoms with Crippen molar-refractivity contribution in [3.8, 4) is 0 Å². The summed E-state index contributed by atoms with van der Waals surface area (Å²) >= 11 is 0. The van der Waals surface area contributed by atoms with Gasteiger partial charge >= 0.3 is 0 Å². The molecular weight excluding hydrogens is 319 g/mol. The van der Waals surface area contributed by atoms with E-state index in [4.69, 9.17) is 4.42 Å². The Bertz CT molecular complexity index is 767. The molecule has 0 radical (unpaired) electrons. The third kappa shape index (κ3) is 3.46. The molecule has 0 aliphatic carbocycles. The molecule has 2 aromatic rings. The summed E-state index contributed by atoms with van der Waals surface area (Å²) < 4.78 is 45.6. The third-order valence-electron chi connectivity index (χ3n) is 4.07. The van der Waals surface area contributed by atoms with E-state index in [0.29, 0.717) is 38.3 Å². The molecule has 3 rings (SSSR count). The molecule has 1 aliphatic heterocycles. The van der Waals surface area contributed by atoms with Crippen molar-refractivity contribution in [2.75, 3.05) is 26.2 Å². The second-order valence-corrected chi connectivity index (χ2v) is 7.61. The van der Waals surface area contributed by atoms with Crippen molar-refractivity contribution in [3.05, 3.63) is 53.7 Å². The molecule has 1 aromatic carbocycles. The Balaban J connectivity index is 1.67. The maximum Gasteiger partial charge on any atom is 0.243 e. The molecule has 2 heterocycles. The minimum absolute atomic E-state index is 0.0140. The van der Waals surface area contributed by atoms with Crippen molar-refractivity contribution in [1.29, 1.82) is 0 Å². The zero-order valence-corrected chi connectivity index (χ0v) is 13.7. The SMILES string of the molecule is Cc1ccc(S(=O)(=O)N2CCN(Cc3ccco3)CC2)cc1F. The van der Waals surface area contributed by atoms with Crippen LogP contribution >= 0.6 is 0 Å². The highest BCUT2D eigenvalue weighted by Gasteiger charge is 2.29. The van der Waals surface area contributed by atoms with E-state index in [0.717, 1.165) is 11.8 Å². The van der Waals surface area contributed by atoms with Gasteiger partial charge in [-0.2, -0.15) is 4.31 Å². The first-order valence-electron chi connectivity index (χ1n) is 7.48. The van der Waals surface area contributed by atoms with E-state index in [1.54, 1.807) is 13.2 Å². The van der Waals surface area contributed by atoms with Crippen LogP contribution in [0.25, 0.3) is 0 Å². The Labute approximate surface area is 135 Å². The van der Waals surface area contributed by atoms with Gasteiger partial charge in [-0.25, -0.2) is 12.8 Å². The maximum atomic E-state index is 13.6. The number of sulfonamides is 1. The summed E-state index contributed by atoms with van der Waals surface area (Å²) in [7, 11) is -3.64. The summed E-state index contributed by atoms with van der Waals surface area (Å²) in [6.07, 6.45) is 1.63. The van der Waals surface area contributed by atoms with Gasteiger partial charge in [0.15, 0.2) is 0 Å². The van der Waals surface area contributed by atoms with Crippen LogP contribution < -0.4 is 0 Å². The number of nitrogens with zero attached hydrogens (tertiary/aromatic N) is 2. The Morgan fingerprint density at radius 1 is 1.17 bits per heavy atom. The monoisotopic (exact) mass is 338 g/mol. The largest absolute Gasteiger partial charge is 0.468 e. The van der Waals surface area contributed by atoms with E-state index in [1.165, 1.54) is 16.4 Å². The molecule has 0 bridgehead atoms. The van der Waals surface area contributed by atoms with E-state index in [2.05, 4.69) is 4.90 Å². The Hall–Kier alpha value is -1.70. The Kier molecular flexibility index (Phi) is 4.52. The van der Waals surface area contributed by atoms with Crippen LogP contribution in [-0.4, -0.2) is 43.8 Å². The summed E-state index contributed by atoms with van der Waals surface area (Å²) in [5.41, 5.74) is 0.437. The summed E-state index contributed by atoms with van der Waals surface area (Å²) in [6.45, 7) is 4.29. The fourth-order valence-corrected chi connectivity index (χ4v) is 4.07. The van der Waals surface area contributed by atoms with Crippen molar-refractivity contribution >= 4 is 10.0 Å². The molecule has 23 heavy (non-hydrogen) atoms. The van der Waals surface area contributed by atoms with E-state index >= 15 is 0 Å². The highest BCUT2D eigenvalue weighted by molar-refractivity contribution is 7.89. The van der Waals surface area contributed by atoms with Gasteiger partial charge in [-0.05, 0) is 36.8 Å². The standard InChI is InChI=1S/C16H19FN2O3S/c1-13-4-5-15(11-16(13)17)23(20,21)19-8-6-18(7-9-19)12-14-3-2-10-22-14/h2-5,10-11H,6-9,12H2,1H3. The van der Waals surface area contributed by atoms with Gasteiger partial charge in [0.1, 0.15) is 11.6 Å². The normalized spacial score (nSPS) is 17.5. The molecule has 0 amide bonds. The van der Waals surface area contributed by atoms with Crippen LogP contribution in [0.4, 0.5) is 4.39 Å². The lowest BCUT2D eigenvalue weighted by molar-refractivity contribution is 0.171. The fourth-order valence-electron chi connectivity index (χ4n) is 2.63. The Morgan fingerprint density at radius 2 is 1.91 bits per heavy atom. The number of halogens is 1. The average molecular weight is 338 g/mol. The van der Waals surface area contributed by atoms with E-state index in [9.17, 15) is 12.8 Å². The van der Waals surface area contributed by atoms with Crippen LogP contribution in [0.3, 0.4) is 0 Å². The second kappa shape index (κ2) is 6.43. The van der Waals surface area contributed by atoms with Crippen LogP contribution in [0, 0.1) is 12.7 Å². The zero-order chi connectivity index (χ0) is 16.4. The first kappa shape index (κ1) is 16.2. The van der Waals surface area contributed by atoms with E-state index in [-0.39, 0.29) is 4.90 Å². The molecule has 0 N–H and O–H groups in total. The molecule has 124 valence electrons. The maximum absolute atomic E-state index is 13.6. The lowest BCUT2D eigenvalue weighted by Crippen LogP contribution is -2.48. The minimum atomic E-state index is -3.64. The van der Waals surface area contributed by atoms with Gasteiger partial charge in [-0.3, -0.25) is 4.90 Å². The van der Waals surface area contributed by atoms with Crippen LogP contribution in [0.5, 0.6) is 0 Å². The molecule has 5 nitrogen and oxygen atoms in total. The van der Waals surface area contributed by atoms with Gasteiger partial charge in [0.25, 0.3) is 0 Å². The number of piperazine rings is 1. The predicted molar refractivity (Wildman–Crippen MR) is 83.9 cm³/mol. The molecular formula is C16H19FN2O3S.